The second-order valence-corrected chi connectivity index (χ2v) is 7.12. The Morgan fingerprint density at radius 1 is 1.25 bits per heavy atom. The van der Waals surface area contributed by atoms with E-state index in [-0.39, 0.29) is 4.90 Å². The van der Waals surface area contributed by atoms with Crippen molar-refractivity contribution in [3.05, 3.63) is 29.3 Å². The lowest BCUT2D eigenvalue weighted by Gasteiger charge is -2.20. The molecule has 0 saturated heterocycles. The minimum Gasteiger partial charge on any atom is -0.480 e. The van der Waals surface area contributed by atoms with Gasteiger partial charge in [0, 0.05) is 5.02 Å². The number of hydrogen-bond acceptors (Lipinski definition) is 4. The number of aliphatic carboxylic acids is 1. The number of sulfone groups is 1. The first-order valence-electron chi connectivity index (χ1n) is 5.57. The van der Waals surface area contributed by atoms with Gasteiger partial charge in [-0.2, -0.15) is 0 Å². The zero-order valence-corrected chi connectivity index (χ0v) is 12.5. The quantitative estimate of drug-likeness (QED) is 0.846. The van der Waals surface area contributed by atoms with Crippen LogP contribution in [0.2, 0.25) is 5.02 Å². The molecule has 0 radical (unpaired) electrons. The van der Waals surface area contributed by atoms with Crippen molar-refractivity contribution in [3.63, 3.8) is 0 Å². The molecule has 1 amide bonds. The SMILES string of the molecule is CC(C)(NC(=O)CS(=O)(=O)c1ccc(Cl)cc1)C(=O)O. The molecule has 8 heteroatoms. The molecule has 0 fully saturated rings. The zero-order valence-electron chi connectivity index (χ0n) is 10.9. The highest BCUT2D eigenvalue weighted by Crippen LogP contribution is 2.15. The number of hydrogen-bond donors (Lipinski definition) is 2. The lowest BCUT2D eigenvalue weighted by atomic mass is 10.1. The molecule has 0 aliphatic heterocycles. The van der Waals surface area contributed by atoms with E-state index in [4.69, 9.17) is 16.7 Å². The Morgan fingerprint density at radius 2 is 1.75 bits per heavy atom. The molecule has 0 aromatic heterocycles. The molecule has 2 N–H and O–H groups in total. The van der Waals surface area contributed by atoms with Crippen LogP contribution in [0.15, 0.2) is 29.2 Å². The third kappa shape index (κ3) is 4.21. The summed E-state index contributed by atoms with van der Waals surface area (Å²) in [5, 5.41) is 11.4. The van der Waals surface area contributed by atoms with Crippen molar-refractivity contribution < 1.29 is 23.1 Å². The van der Waals surface area contributed by atoms with E-state index < -0.39 is 33.0 Å². The molecule has 1 aromatic carbocycles. The van der Waals surface area contributed by atoms with Crippen LogP contribution < -0.4 is 5.32 Å². The highest BCUT2D eigenvalue weighted by Gasteiger charge is 2.30. The zero-order chi connectivity index (χ0) is 15.6. The van der Waals surface area contributed by atoms with Crippen molar-refractivity contribution in [2.45, 2.75) is 24.3 Å². The molecule has 20 heavy (non-hydrogen) atoms. The molecule has 0 bridgehead atoms. The third-order valence-electron chi connectivity index (χ3n) is 2.48. The van der Waals surface area contributed by atoms with Crippen molar-refractivity contribution in [3.8, 4) is 0 Å². The molecular formula is C12H14ClNO5S. The summed E-state index contributed by atoms with van der Waals surface area (Å²) in [7, 11) is -3.84. The number of carboxylic acids is 1. The van der Waals surface area contributed by atoms with Gasteiger partial charge in [0.25, 0.3) is 0 Å². The minimum atomic E-state index is -3.84. The van der Waals surface area contributed by atoms with Gasteiger partial charge in [-0.3, -0.25) is 4.79 Å². The number of benzene rings is 1. The maximum Gasteiger partial charge on any atom is 0.328 e. The third-order valence-corrected chi connectivity index (χ3v) is 4.37. The Labute approximate surface area is 121 Å². The van der Waals surface area contributed by atoms with Crippen LogP contribution in [0.25, 0.3) is 0 Å². The summed E-state index contributed by atoms with van der Waals surface area (Å²) in [6.45, 7) is 2.53. The second-order valence-electron chi connectivity index (χ2n) is 4.69. The van der Waals surface area contributed by atoms with Crippen LogP contribution in [0.4, 0.5) is 0 Å². The number of nitrogens with one attached hydrogen (secondary N) is 1. The van der Waals surface area contributed by atoms with Gasteiger partial charge in [-0.25, -0.2) is 13.2 Å². The normalized spacial score (nSPS) is 11.9. The number of amides is 1. The van der Waals surface area contributed by atoms with Crippen LogP contribution in [-0.2, 0) is 19.4 Å². The van der Waals surface area contributed by atoms with Crippen LogP contribution in [0.1, 0.15) is 13.8 Å². The highest BCUT2D eigenvalue weighted by atomic mass is 35.5. The first kappa shape index (κ1) is 16.5. The summed E-state index contributed by atoms with van der Waals surface area (Å²) in [6.07, 6.45) is 0. The summed E-state index contributed by atoms with van der Waals surface area (Å²) >= 11 is 5.65. The van der Waals surface area contributed by atoms with Crippen LogP contribution >= 0.6 is 11.6 Å². The average molecular weight is 320 g/mol. The number of carbonyl (C=O) groups excluding carboxylic acids is 1. The average Bonchev–Trinajstić information content (AvgIpc) is 2.27. The molecule has 1 aromatic rings. The fraction of sp³-hybridized carbons (Fsp3) is 0.333. The molecule has 0 atom stereocenters. The van der Waals surface area contributed by atoms with Gasteiger partial charge in [0.05, 0.1) is 4.90 Å². The van der Waals surface area contributed by atoms with Crippen LogP contribution in [0, 0.1) is 0 Å². The predicted octanol–water partition coefficient (Wildman–Crippen LogP) is 1.09. The Bertz CT molecular complexity index is 622. The lowest BCUT2D eigenvalue weighted by molar-refractivity contribution is -0.145. The predicted molar refractivity (Wildman–Crippen MR) is 73.4 cm³/mol. The summed E-state index contributed by atoms with van der Waals surface area (Å²) in [5.41, 5.74) is -1.54. The highest BCUT2D eigenvalue weighted by molar-refractivity contribution is 7.92. The van der Waals surface area contributed by atoms with E-state index in [2.05, 4.69) is 5.32 Å². The standard InChI is InChI=1S/C12H14ClNO5S/c1-12(2,11(16)17)14-10(15)7-20(18,19)9-5-3-8(13)4-6-9/h3-6H,7H2,1-2H3,(H,14,15)(H,16,17). The second kappa shape index (κ2) is 5.80. The maximum atomic E-state index is 12.0. The summed E-state index contributed by atoms with van der Waals surface area (Å²) in [4.78, 5) is 22.4. The van der Waals surface area contributed by atoms with Crippen molar-refractivity contribution in [2.75, 3.05) is 5.75 Å². The van der Waals surface area contributed by atoms with Gasteiger partial charge in [0.2, 0.25) is 5.91 Å². The van der Waals surface area contributed by atoms with Crippen molar-refractivity contribution in [1.29, 1.82) is 0 Å². The molecule has 0 spiro atoms. The van der Waals surface area contributed by atoms with Gasteiger partial charge in [-0.15, -0.1) is 0 Å². The van der Waals surface area contributed by atoms with Crippen LogP contribution in [-0.4, -0.2) is 36.7 Å². The maximum absolute atomic E-state index is 12.0. The van der Waals surface area contributed by atoms with Crippen molar-refractivity contribution in [1.82, 2.24) is 5.32 Å². The Hall–Kier alpha value is -1.60. The molecule has 6 nitrogen and oxygen atoms in total. The molecule has 1 rings (SSSR count). The van der Waals surface area contributed by atoms with E-state index in [1.165, 1.54) is 38.1 Å². The van der Waals surface area contributed by atoms with Gasteiger partial charge in [0.15, 0.2) is 9.84 Å². The summed E-state index contributed by atoms with van der Waals surface area (Å²) in [6, 6.07) is 5.36. The van der Waals surface area contributed by atoms with E-state index in [0.717, 1.165) is 0 Å². The minimum absolute atomic E-state index is 0.0508. The number of carboxylic acid groups (broad SMARTS) is 1. The molecule has 0 heterocycles. The molecule has 0 aliphatic carbocycles. The van der Waals surface area contributed by atoms with Crippen molar-refractivity contribution in [2.24, 2.45) is 0 Å². The topological polar surface area (TPSA) is 101 Å². The Morgan fingerprint density at radius 3 is 2.20 bits per heavy atom. The number of rotatable bonds is 5. The van der Waals surface area contributed by atoms with Gasteiger partial charge in [-0.1, -0.05) is 11.6 Å². The van der Waals surface area contributed by atoms with Crippen molar-refractivity contribution >= 4 is 33.3 Å². The first-order valence-corrected chi connectivity index (χ1v) is 7.60. The van der Waals surface area contributed by atoms with Gasteiger partial charge in [0.1, 0.15) is 11.3 Å². The molecule has 110 valence electrons. The fourth-order valence-electron chi connectivity index (χ4n) is 1.34. The summed E-state index contributed by atoms with van der Waals surface area (Å²) in [5.74, 6) is -2.96. The molecular weight excluding hydrogens is 306 g/mol. The smallest absolute Gasteiger partial charge is 0.328 e. The van der Waals surface area contributed by atoms with Gasteiger partial charge in [-0.05, 0) is 38.1 Å². The van der Waals surface area contributed by atoms with Gasteiger partial charge >= 0.3 is 5.97 Å². The fourth-order valence-corrected chi connectivity index (χ4v) is 2.60. The number of halogens is 1. The van der Waals surface area contributed by atoms with E-state index in [1.54, 1.807) is 0 Å². The van der Waals surface area contributed by atoms with E-state index in [1.807, 2.05) is 0 Å². The van der Waals surface area contributed by atoms with E-state index in [9.17, 15) is 18.0 Å². The van der Waals surface area contributed by atoms with E-state index in [0.29, 0.717) is 5.02 Å². The largest absolute Gasteiger partial charge is 0.480 e. The Balaban J connectivity index is 2.84. The first-order chi connectivity index (χ1) is 9.04. The Kier molecular flexibility index (Phi) is 4.77. The van der Waals surface area contributed by atoms with Gasteiger partial charge < -0.3 is 10.4 Å². The monoisotopic (exact) mass is 319 g/mol. The summed E-state index contributed by atoms with van der Waals surface area (Å²) < 4.78 is 23.9. The number of carbonyl (C=O) groups is 2. The molecule has 0 aliphatic rings. The van der Waals surface area contributed by atoms with Crippen LogP contribution in [0.5, 0.6) is 0 Å². The molecule has 0 unspecified atom stereocenters. The lowest BCUT2D eigenvalue weighted by Crippen LogP contribution is -2.51. The van der Waals surface area contributed by atoms with E-state index >= 15 is 0 Å². The van der Waals surface area contributed by atoms with Crippen LogP contribution in [0.3, 0.4) is 0 Å². The molecule has 0 saturated carbocycles.